The molecule has 0 saturated heterocycles. The lowest BCUT2D eigenvalue weighted by Gasteiger charge is -2.26. The van der Waals surface area contributed by atoms with Crippen molar-refractivity contribution >= 4 is 29.3 Å². The largest absolute Gasteiger partial charge is 0.465 e. The number of hydrogen-bond donors (Lipinski definition) is 2. The molecule has 0 saturated carbocycles. The van der Waals surface area contributed by atoms with Gasteiger partial charge in [0, 0.05) is 15.6 Å². The van der Waals surface area contributed by atoms with Crippen molar-refractivity contribution in [1.29, 1.82) is 0 Å². The van der Waals surface area contributed by atoms with Gasteiger partial charge in [0.1, 0.15) is 0 Å². The first kappa shape index (κ1) is 15.2. The lowest BCUT2D eigenvalue weighted by Crippen LogP contribution is -2.29. The van der Waals surface area contributed by atoms with Crippen LogP contribution in [0, 0.1) is 0 Å². The number of hydrogen-bond acceptors (Lipinski definition) is 1. The van der Waals surface area contributed by atoms with Gasteiger partial charge in [-0.05, 0) is 60.2 Å². The monoisotopic (exact) mass is 335 g/mol. The summed E-state index contributed by atoms with van der Waals surface area (Å²) in [6.07, 6.45) is 1.77. The molecule has 0 fully saturated rings. The van der Waals surface area contributed by atoms with Crippen LogP contribution in [0.3, 0.4) is 0 Å². The number of nitrogens with one attached hydrogen (secondary N) is 1. The predicted molar refractivity (Wildman–Crippen MR) is 88.7 cm³/mol. The van der Waals surface area contributed by atoms with Gasteiger partial charge in [-0.3, -0.25) is 0 Å². The van der Waals surface area contributed by atoms with Crippen molar-refractivity contribution in [2.45, 2.75) is 25.3 Å². The molecule has 114 valence electrons. The second-order valence-corrected chi connectivity index (χ2v) is 6.28. The summed E-state index contributed by atoms with van der Waals surface area (Å²) in [4.78, 5) is 11.0. The zero-order chi connectivity index (χ0) is 15.7. The topological polar surface area (TPSA) is 49.3 Å². The van der Waals surface area contributed by atoms with E-state index in [4.69, 9.17) is 28.3 Å². The molecule has 5 heteroatoms. The standard InChI is InChI=1S/C17H15Cl2NO2/c18-12-6-7-15(19)13(9-12)11-5-4-10-2-1-3-16(14(10)8-11)20-17(21)22/h4-9,16,20H,1-3H2,(H,21,22). The second kappa shape index (κ2) is 6.19. The summed E-state index contributed by atoms with van der Waals surface area (Å²) in [6.45, 7) is 0. The Balaban J connectivity index is 2.05. The summed E-state index contributed by atoms with van der Waals surface area (Å²) in [5, 5.41) is 12.9. The first-order valence-electron chi connectivity index (χ1n) is 7.12. The van der Waals surface area contributed by atoms with E-state index in [1.165, 1.54) is 5.56 Å². The Bertz CT molecular complexity index is 731. The lowest BCUT2D eigenvalue weighted by atomic mass is 9.85. The van der Waals surface area contributed by atoms with Gasteiger partial charge in [0.25, 0.3) is 0 Å². The number of halogens is 2. The molecule has 3 nitrogen and oxygen atoms in total. The van der Waals surface area contributed by atoms with Crippen molar-refractivity contribution in [3.63, 3.8) is 0 Å². The van der Waals surface area contributed by atoms with Gasteiger partial charge in [0.05, 0.1) is 6.04 Å². The van der Waals surface area contributed by atoms with Crippen LogP contribution in [0.25, 0.3) is 11.1 Å². The van der Waals surface area contributed by atoms with Crippen LogP contribution < -0.4 is 5.32 Å². The van der Waals surface area contributed by atoms with E-state index in [1.54, 1.807) is 12.1 Å². The summed E-state index contributed by atoms with van der Waals surface area (Å²) in [5.74, 6) is 0. The van der Waals surface area contributed by atoms with Gasteiger partial charge in [0.2, 0.25) is 0 Å². The van der Waals surface area contributed by atoms with Gasteiger partial charge in [-0.1, -0.05) is 35.3 Å². The molecule has 1 aliphatic rings. The Hall–Kier alpha value is -1.71. The third-order valence-electron chi connectivity index (χ3n) is 4.00. The minimum absolute atomic E-state index is 0.167. The van der Waals surface area contributed by atoms with Gasteiger partial charge in [-0.2, -0.15) is 0 Å². The quantitative estimate of drug-likeness (QED) is 0.781. The summed E-state index contributed by atoms with van der Waals surface area (Å²) < 4.78 is 0. The Kier molecular flexibility index (Phi) is 4.27. The van der Waals surface area contributed by atoms with Crippen molar-refractivity contribution in [3.05, 3.63) is 57.6 Å². The first-order chi connectivity index (χ1) is 10.5. The zero-order valence-corrected chi connectivity index (χ0v) is 13.3. The molecule has 3 rings (SSSR count). The first-order valence-corrected chi connectivity index (χ1v) is 7.88. The Labute approximate surface area is 138 Å². The summed E-state index contributed by atoms with van der Waals surface area (Å²) in [7, 11) is 0. The average molecular weight is 336 g/mol. The fourth-order valence-corrected chi connectivity index (χ4v) is 3.38. The minimum atomic E-state index is -0.996. The smallest absolute Gasteiger partial charge is 0.405 e. The van der Waals surface area contributed by atoms with E-state index in [9.17, 15) is 4.79 Å². The van der Waals surface area contributed by atoms with Crippen LogP contribution in [0.2, 0.25) is 10.0 Å². The van der Waals surface area contributed by atoms with E-state index >= 15 is 0 Å². The van der Waals surface area contributed by atoms with Crippen LogP contribution in [0.1, 0.15) is 30.0 Å². The van der Waals surface area contributed by atoms with Crippen LogP contribution in [-0.4, -0.2) is 11.2 Å². The molecule has 1 unspecified atom stereocenters. The normalized spacial score (nSPS) is 16.9. The Morgan fingerprint density at radius 3 is 2.77 bits per heavy atom. The van der Waals surface area contributed by atoms with Crippen LogP contribution >= 0.6 is 23.2 Å². The third kappa shape index (κ3) is 3.06. The molecule has 1 atom stereocenters. The van der Waals surface area contributed by atoms with Crippen molar-refractivity contribution in [3.8, 4) is 11.1 Å². The number of fused-ring (bicyclic) bond motifs is 1. The van der Waals surface area contributed by atoms with E-state index in [0.717, 1.165) is 36.0 Å². The van der Waals surface area contributed by atoms with Crippen molar-refractivity contribution in [2.75, 3.05) is 0 Å². The number of aryl methyl sites for hydroxylation is 1. The molecule has 2 aromatic carbocycles. The molecule has 0 aliphatic heterocycles. The predicted octanol–water partition coefficient (Wildman–Crippen LogP) is 5.31. The highest BCUT2D eigenvalue weighted by molar-refractivity contribution is 6.35. The molecule has 0 heterocycles. The molecule has 2 N–H and O–H groups in total. The SMILES string of the molecule is O=C(O)NC1CCCc2ccc(-c3cc(Cl)ccc3Cl)cc21. The van der Waals surface area contributed by atoms with E-state index in [0.29, 0.717) is 10.0 Å². The molecule has 0 aromatic heterocycles. The van der Waals surface area contributed by atoms with Crippen molar-refractivity contribution < 1.29 is 9.90 Å². The number of benzene rings is 2. The van der Waals surface area contributed by atoms with Crippen LogP contribution in [0.4, 0.5) is 4.79 Å². The number of carboxylic acid groups (broad SMARTS) is 1. The fraction of sp³-hybridized carbons (Fsp3) is 0.235. The highest BCUT2D eigenvalue weighted by Gasteiger charge is 2.22. The zero-order valence-electron chi connectivity index (χ0n) is 11.8. The fourth-order valence-electron chi connectivity index (χ4n) is 2.98. The van der Waals surface area contributed by atoms with E-state index in [1.807, 2.05) is 18.2 Å². The van der Waals surface area contributed by atoms with Crippen LogP contribution in [0.5, 0.6) is 0 Å². The van der Waals surface area contributed by atoms with Gasteiger partial charge in [0.15, 0.2) is 0 Å². The molecular formula is C17H15Cl2NO2. The average Bonchev–Trinajstić information content (AvgIpc) is 2.49. The molecule has 22 heavy (non-hydrogen) atoms. The molecule has 1 amide bonds. The van der Waals surface area contributed by atoms with E-state index in [2.05, 4.69) is 11.4 Å². The van der Waals surface area contributed by atoms with Crippen molar-refractivity contribution in [2.24, 2.45) is 0 Å². The minimum Gasteiger partial charge on any atom is -0.465 e. The molecule has 0 radical (unpaired) electrons. The number of amides is 1. The molecule has 0 spiro atoms. The highest BCUT2D eigenvalue weighted by Crippen LogP contribution is 2.36. The van der Waals surface area contributed by atoms with Crippen LogP contribution in [-0.2, 0) is 6.42 Å². The van der Waals surface area contributed by atoms with E-state index < -0.39 is 6.09 Å². The summed E-state index contributed by atoms with van der Waals surface area (Å²) >= 11 is 12.3. The number of rotatable bonds is 2. The maximum Gasteiger partial charge on any atom is 0.405 e. The maximum absolute atomic E-state index is 11.0. The number of carbonyl (C=O) groups is 1. The Morgan fingerprint density at radius 1 is 1.18 bits per heavy atom. The van der Waals surface area contributed by atoms with Crippen LogP contribution in [0.15, 0.2) is 36.4 Å². The maximum atomic E-state index is 11.0. The lowest BCUT2D eigenvalue weighted by molar-refractivity contribution is 0.188. The summed E-state index contributed by atoms with van der Waals surface area (Å²) in [5.41, 5.74) is 4.02. The molecule has 1 aliphatic carbocycles. The second-order valence-electron chi connectivity index (χ2n) is 5.43. The molecular weight excluding hydrogens is 321 g/mol. The van der Waals surface area contributed by atoms with Gasteiger partial charge in [-0.25, -0.2) is 4.79 Å². The highest BCUT2D eigenvalue weighted by atomic mass is 35.5. The van der Waals surface area contributed by atoms with Crippen molar-refractivity contribution in [1.82, 2.24) is 5.32 Å². The van der Waals surface area contributed by atoms with E-state index in [-0.39, 0.29) is 6.04 Å². The Morgan fingerprint density at radius 2 is 2.00 bits per heavy atom. The molecule has 0 bridgehead atoms. The van der Waals surface area contributed by atoms with Gasteiger partial charge < -0.3 is 10.4 Å². The van der Waals surface area contributed by atoms with Gasteiger partial charge in [-0.15, -0.1) is 0 Å². The third-order valence-corrected chi connectivity index (χ3v) is 4.56. The van der Waals surface area contributed by atoms with Gasteiger partial charge >= 0.3 is 6.09 Å². The summed E-state index contributed by atoms with van der Waals surface area (Å²) in [6, 6.07) is 11.3. The molecule has 2 aromatic rings.